The van der Waals surface area contributed by atoms with E-state index in [0.29, 0.717) is 0 Å². The molecule has 3 heteroatoms. The first-order valence-electron chi connectivity index (χ1n) is 5.07. The lowest BCUT2D eigenvalue weighted by Crippen LogP contribution is -1.84. The molecule has 2 N–H and O–H groups in total. The molecule has 0 aliphatic rings. The second-order valence-corrected chi connectivity index (χ2v) is 3.63. The Kier molecular flexibility index (Phi) is 1.90. The van der Waals surface area contributed by atoms with E-state index in [1.807, 2.05) is 36.5 Å². The number of H-pyrrole nitrogens is 1. The summed E-state index contributed by atoms with van der Waals surface area (Å²) in [7, 11) is 0. The van der Waals surface area contributed by atoms with E-state index in [4.69, 9.17) is 0 Å². The summed E-state index contributed by atoms with van der Waals surface area (Å²) in [5.74, 6) is 0.251. The Labute approximate surface area is 92.4 Å². The van der Waals surface area contributed by atoms with Gasteiger partial charge in [0.25, 0.3) is 0 Å². The van der Waals surface area contributed by atoms with Crippen molar-refractivity contribution < 1.29 is 5.11 Å². The molecule has 0 saturated heterocycles. The van der Waals surface area contributed by atoms with Crippen LogP contribution in [0.5, 0.6) is 5.75 Å². The fraction of sp³-hybridized carbons (Fsp3) is 0. The molecule has 0 radical (unpaired) electrons. The number of hydrogen-bond acceptors (Lipinski definition) is 2. The topological polar surface area (TPSA) is 48.9 Å². The van der Waals surface area contributed by atoms with Gasteiger partial charge >= 0.3 is 0 Å². The van der Waals surface area contributed by atoms with E-state index in [-0.39, 0.29) is 5.75 Å². The molecule has 0 aliphatic heterocycles. The normalized spacial score (nSPS) is 10.8. The summed E-state index contributed by atoms with van der Waals surface area (Å²) in [6.07, 6.45) is 1.85. The maximum atomic E-state index is 9.74. The van der Waals surface area contributed by atoms with Gasteiger partial charge in [-0.2, -0.15) is 0 Å². The van der Waals surface area contributed by atoms with E-state index >= 15 is 0 Å². The summed E-state index contributed by atoms with van der Waals surface area (Å²) >= 11 is 0. The first-order valence-corrected chi connectivity index (χ1v) is 5.07. The average Bonchev–Trinajstić information content (AvgIpc) is 2.76. The Morgan fingerprint density at radius 3 is 2.75 bits per heavy atom. The van der Waals surface area contributed by atoms with Crippen LogP contribution < -0.4 is 0 Å². The number of hydrogen-bond donors (Lipinski definition) is 2. The van der Waals surface area contributed by atoms with Gasteiger partial charge in [0.1, 0.15) is 11.4 Å². The van der Waals surface area contributed by atoms with Crippen LogP contribution in [0, 0.1) is 0 Å². The molecular formula is C13H10N2O. The van der Waals surface area contributed by atoms with E-state index in [9.17, 15) is 5.11 Å². The van der Waals surface area contributed by atoms with Crippen LogP contribution >= 0.6 is 0 Å². The molecule has 2 aromatic heterocycles. The maximum Gasteiger partial charge on any atom is 0.137 e. The predicted octanol–water partition coefficient (Wildman–Crippen LogP) is 2.94. The highest BCUT2D eigenvalue weighted by Crippen LogP contribution is 2.27. The zero-order valence-corrected chi connectivity index (χ0v) is 8.51. The van der Waals surface area contributed by atoms with Crippen LogP contribution in [-0.4, -0.2) is 15.1 Å². The van der Waals surface area contributed by atoms with Gasteiger partial charge in [-0.15, -0.1) is 0 Å². The number of aromatic nitrogens is 2. The van der Waals surface area contributed by atoms with E-state index < -0.39 is 0 Å². The molecule has 3 rings (SSSR count). The van der Waals surface area contributed by atoms with E-state index in [2.05, 4.69) is 9.97 Å². The van der Waals surface area contributed by atoms with Gasteiger partial charge in [0.2, 0.25) is 0 Å². The van der Waals surface area contributed by atoms with Gasteiger partial charge in [0.05, 0.1) is 5.69 Å². The Morgan fingerprint density at radius 2 is 1.88 bits per heavy atom. The Hall–Kier alpha value is -2.29. The summed E-state index contributed by atoms with van der Waals surface area (Å²) in [5, 5.41) is 10.8. The van der Waals surface area contributed by atoms with E-state index in [1.54, 1.807) is 12.1 Å². The van der Waals surface area contributed by atoms with Crippen LogP contribution in [-0.2, 0) is 0 Å². The molecule has 78 valence electrons. The number of nitrogens with zero attached hydrogens (tertiary/aromatic N) is 1. The highest BCUT2D eigenvalue weighted by Gasteiger charge is 2.05. The summed E-state index contributed by atoms with van der Waals surface area (Å²) in [4.78, 5) is 7.51. The van der Waals surface area contributed by atoms with Crippen LogP contribution in [0.4, 0.5) is 0 Å². The number of rotatable bonds is 1. The molecule has 3 aromatic rings. The van der Waals surface area contributed by atoms with Gasteiger partial charge in [0, 0.05) is 17.1 Å². The monoisotopic (exact) mass is 210 g/mol. The molecule has 0 atom stereocenters. The Balaban J connectivity index is 2.22. The molecule has 0 spiro atoms. The molecule has 0 aliphatic carbocycles. The van der Waals surface area contributed by atoms with Crippen LogP contribution in [0.15, 0.2) is 48.7 Å². The van der Waals surface area contributed by atoms with Gasteiger partial charge in [-0.05, 0) is 30.3 Å². The standard InChI is InChI=1S/C13H10N2O/c16-12-4-2-1-3-10(12)11-6-5-9-7-8-14-13(9)15-11/h1-8,16H,(H,14,15). The number of para-hydroxylation sites is 1. The number of pyridine rings is 1. The van der Waals surface area contributed by atoms with Crippen molar-refractivity contribution in [3.63, 3.8) is 0 Å². The molecule has 3 nitrogen and oxygen atoms in total. The third-order valence-electron chi connectivity index (χ3n) is 2.59. The van der Waals surface area contributed by atoms with Crippen molar-refractivity contribution in [3.8, 4) is 17.0 Å². The van der Waals surface area contributed by atoms with Gasteiger partial charge in [-0.3, -0.25) is 0 Å². The van der Waals surface area contributed by atoms with Gasteiger partial charge in [-0.1, -0.05) is 12.1 Å². The second-order valence-electron chi connectivity index (χ2n) is 3.63. The summed E-state index contributed by atoms with van der Waals surface area (Å²) < 4.78 is 0. The number of fused-ring (bicyclic) bond motifs is 1. The maximum absolute atomic E-state index is 9.74. The molecular weight excluding hydrogens is 200 g/mol. The summed E-state index contributed by atoms with van der Waals surface area (Å²) in [5.41, 5.74) is 2.35. The van der Waals surface area contributed by atoms with Crippen molar-refractivity contribution in [2.24, 2.45) is 0 Å². The molecule has 0 amide bonds. The van der Waals surface area contributed by atoms with Crippen LogP contribution in [0.25, 0.3) is 22.3 Å². The minimum absolute atomic E-state index is 0.251. The SMILES string of the molecule is Oc1ccccc1-c1ccc2cc[nH]c2n1. The highest BCUT2D eigenvalue weighted by molar-refractivity contribution is 5.79. The lowest BCUT2D eigenvalue weighted by molar-refractivity contribution is 0.477. The molecule has 0 saturated carbocycles. The number of aromatic hydroxyl groups is 1. The lowest BCUT2D eigenvalue weighted by atomic mass is 10.1. The van der Waals surface area contributed by atoms with Gasteiger partial charge in [-0.25, -0.2) is 4.98 Å². The van der Waals surface area contributed by atoms with Crippen molar-refractivity contribution >= 4 is 11.0 Å². The number of phenols is 1. The van der Waals surface area contributed by atoms with Crippen molar-refractivity contribution in [3.05, 3.63) is 48.7 Å². The van der Waals surface area contributed by atoms with Crippen LogP contribution in [0.1, 0.15) is 0 Å². The van der Waals surface area contributed by atoms with Gasteiger partial charge < -0.3 is 10.1 Å². The minimum atomic E-state index is 0.251. The minimum Gasteiger partial charge on any atom is -0.507 e. The third kappa shape index (κ3) is 1.34. The van der Waals surface area contributed by atoms with Crippen LogP contribution in [0.3, 0.4) is 0 Å². The van der Waals surface area contributed by atoms with Crippen molar-refractivity contribution in [1.29, 1.82) is 0 Å². The Bertz CT molecular complexity index is 643. The smallest absolute Gasteiger partial charge is 0.137 e. The number of benzene rings is 1. The number of phenolic OH excluding ortho intramolecular Hbond substituents is 1. The van der Waals surface area contributed by atoms with Crippen LogP contribution in [0.2, 0.25) is 0 Å². The first kappa shape index (κ1) is 8.97. The van der Waals surface area contributed by atoms with E-state index in [0.717, 1.165) is 22.3 Å². The number of nitrogens with one attached hydrogen (secondary N) is 1. The Morgan fingerprint density at radius 1 is 1.00 bits per heavy atom. The first-order chi connectivity index (χ1) is 7.84. The fourth-order valence-electron chi connectivity index (χ4n) is 1.77. The third-order valence-corrected chi connectivity index (χ3v) is 2.59. The lowest BCUT2D eigenvalue weighted by Gasteiger charge is -2.03. The fourth-order valence-corrected chi connectivity index (χ4v) is 1.77. The van der Waals surface area contributed by atoms with Crippen molar-refractivity contribution in [2.45, 2.75) is 0 Å². The van der Waals surface area contributed by atoms with Gasteiger partial charge in [0.15, 0.2) is 0 Å². The van der Waals surface area contributed by atoms with Crippen molar-refractivity contribution in [2.75, 3.05) is 0 Å². The second kappa shape index (κ2) is 3.38. The largest absolute Gasteiger partial charge is 0.507 e. The summed E-state index contributed by atoms with van der Waals surface area (Å²) in [6, 6.07) is 13.1. The average molecular weight is 210 g/mol. The van der Waals surface area contributed by atoms with Crippen molar-refractivity contribution in [1.82, 2.24) is 9.97 Å². The number of aromatic amines is 1. The molecule has 16 heavy (non-hydrogen) atoms. The molecule has 0 bridgehead atoms. The summed E-state index contributed by atoms with van der Waals surface area (Å²) in [6.45, 7) is 0. The van der Waals surface area contributed by atoms with E-state index in [1.165, 1.54) is 0 Å². The zero-order chi connectivity index (χ0) is 11.0. The molecule has 0 unspecified atom stereocenters. The molecule has 1 aromatic carbocycles. The molecule has 2 heterocycles. The quantitative estimate of drug-likeness (QED) is 0.648. The highest BCUT2D eigenvalue weighted by atomic mass is 16.3. The predicted molar refractivity (Wildman–Crippen MR) is 63.2 cm³/mol. The molecule has 0 fully saturated rings. The zero-order valence-electron chi connectivity index (χ0n) is 8.51.